The van der Waals surface area contributed by atoms with Crippen LogP contribution in [0.4, 0.5) is 10.1 Å². The largest absolute Gasteiger partial charge is 0.508 e. The van der Waals surface area contributed by atoms with Gasteiger partial charge in [-0.05, 0) is 19.1 Å². The number of aromatic hydroxyl groups is 1. The fourth-order valence-corrected chi connectivity index (χ4v) is 1.53. The van der Waals surface area contributed by atoms with Crippen LogP contribution in [0.25, 0.3) is 0 Å². The molecule has 6 heteroatoms. The van der Waals surface area contributed by atoms with Crippen LogP contribution in [-0.4, -0.2) is 16.0 Å². The van der Waals surface area contributed by atoms with E-state index >= 15 is 0 Å². The number of phenols is 1. The Bertz CT molecular complexity index is 607. The van der Waals surface area contributed by atoms with Gasteiger partial charge < -0.3 is 14.8 Å². The first-order valence-electron chi connectivity index (χ1n) is 5.21. The molecule has 2 N–H and O–H groups in total. The molecular formula is C12H11FN2O3. The van der Waals surface area contributed by atoms with Crippen molar-refractivity contribution >= 4 is 11.6 Å². The number of phenolic OH excluding ortho intramolecular Hbond substituents is 1. The molecule has 0 fully saturated rings. The monoisotopic (exact) mass is 250 g/mol. The van der Waals surface area contributed by atoms with Crippen molar-refractivity contribution in [2.75, 3.05) is 5.32 Å². The molecule has 0 atom stereocenters. The lowest BCUT2D eigenvalue weighted by Gasteiger charge is -2.05. The van der Waals surface area contributed by atoms with Crippen LogP contribution in [0.3, 0.4) is 0 Å². The minimum atomic E-state index is -0.725. The van der Waals surface area contributed by atoms with E-state index in [4.69, 9.17) is 9.52 Å². The fraction of sp³-hybridized carbons (Fsp3) is 0.167. The summed E-state index contributed by atoms with van der Waals surface area (Å²) in [5.74, 6) is -1.11. The fourth-order valence-electron chi connectivity index (χ4n) is 1.53. The maximum absolute atomic E-state index is 13.4. The number of nitrogens with one attached hydrogen (secondary N) is 1. The van der Waals surface area contributed by atoms with Crippen LogP contribution < -0.4 is 5.32 Å². The Labute approximate surface area is 102 Å². The van der Waals surface area contributed by atoms with Gasteiger partial charge in [-0.3, -0.25) is 4.79 Å². The molecule has 0 saturated carbocycles. The van der Waals surface area contributed by atoms with E-state index in [1.54, 1.807) is 13.8 Å². The molecule has 0 unspecified atom stereocenters. The summed E-state index contributed by atoms with van der Waals surface area (Å²) in [5, 5.41) is 11.4. The van der Waals surface area contributed by atoms with Gasteiger partial charge in [0.25, 0.3) is 5.91 Å². The second-order valence-corrected chi connectivity index (χ2v) is 3.77. The number of aryl methyl sites for hydroxylation is 2. The van der Waals surface area contributed by atoms with Gasteiger partial charge in [0.15, 0.2) is 5.89 Å². The average molecular weight is 250 g/mol. The number of carbonyl (C=O) groups excluding carboxylic acids is 1. The molecule has 5 nitrogen and oxygen atoms in total. The quantitative estimate of drug-likeness (QED) is 0.802. The molecule has 0 bridgehead atoms. The Morgan fingerprint density at radius 3 is 2.72 bits per heavy atom. The number of carbonyl (C=O) groups is 1. The van der Waals surface area contributed by atoms with Gasteiger partial charge in [0.1, 0.15) is 11.6 Å². The highest BCUT2D eigenvalue weighted by Gasteiger charge is 2.17. The average Bonchev–Trinajstić information content (AvgIpc) is 2.62. The van der Waals surface area contributed by atoms with Crippen LogP contribution in [0.1, 0.15) is 22.1 Å². The van der Waals surface area contributed by atoms with Crippen LogP contribution in [0.2, 0.25) is 0 Å². The maximum Gasteiger partial charge on any atom is 0.293 e. The van der Waals surface area contributed by atoms with Crippen LogP contribution >= 0.6 is 0 Å². The number of halogens is 1. The summed E-state index contributed by atoms with van der Waals surface area (Å²) >= 11 is 0. The van der Waals surface area contributed by atoms with E-state index in [2.05, 4.69) is 10.3 Å². The highest BCUT2D eigenvalue weighted by Crippen LogP contribution is 2.20. The topological polar surface area (TPSA) is 75.4 Å². The van der Waals surface area contributed by atoms with Gasteiger partial charge in [-0.25, -0.2) is 9.37 Å². The molecule has 0 spiro atoms. The summed E-state index contributed by atoms with van der Waals surface area (Å²) < 4.78 is 18.5. The molecule has 2 aromatic rings. The van der Waals surface area contributed by atoms with Gasteiger partial charge in [0.05, 0.1) is 11.4 Å². The molecule has 0 aliphatic rings. The van der Waals surface area contributed by atoms with Crippen molar-refractivity contribution < 1.29 is 18.7 Å². The minimum Gasteiger partial charge on any atom is -0.508 e. The SMILES string of the molecule is Cc1nc(C)c(C(=O)Nc2ccc(O)cc2F)o1. The lowest BCUT2D eigenvalue weighted by atomic mass is 10.2. The summed E-state index contributed by atoms with van der Waals surface area (Å²) in [6, 6.07) is 3.45. The number of nitrogens with zero attached hydrogens (tertiary/aromatic N) is 1. The third-order valence-electron chi connectivity index (χ3n) is 2.31. The minimum absolute atomic E-state index is 0.0359. The van der Waals surface area contributed by atoms with Gasteiger partial charge in [0, 0.05) is 13.0 Å². The Kier molecular flexibility index (Phi) is 3.01. The van der Waals surface area contributed by atoms with E-state index in [-0.39, 0.29) is 17.2 Å². The molecule has 1 amide bonds. The molecule has 0 aliphatic carbocycles. The van der Waals surface area contributed by atoms with Crippen molar-refractivity contribution in [2.24, 2.45) is 0 Å². The summed E-state index contributed by atoms with van der Waals surface area (Å²) in [5.41, 5.74) is 0.399. The van der Waals surface area contributed by atoms with Gasteiger partial charge in [-0.1, -0.05) is 0 Å². The zero-order chi connectivity index (χ0) is 13.3. The summed E-state index contributed by atoms with van der Waals surface area (Å²) in [6.45, 7) is 3.24. The lowest BCUT2D eigenvalue weighted by Crippen LogP contribution is -2.13. The van der Waals surface area contributed by atoms with E-state index in [1.165, 1.54) is 12.1 Å². The van der Waals surface area contributed by atoms with E-state index in [0.29, 0.717) is 11.6 Å². The van der Waals surface area contributed by atoms with Gasteiger partial charge in [0.2, 0.25) is 5.76 Å². The highest BCUT2D eigenvalue weighted by atomic mass is 19.1. The van der Waals surface area contributed by atoms with Crippen LogP contribution in [-0.2, 0) is 0 Å². The van der Waals surface area contributed by atoms with Gasteiger partial charge >= 0.3 is 0 Å². The molecule has 0 aliphatic heterocycles. The molecule has 1 aromatic heterocycles. The Hall–Kier alpha value is -2.37. The number of rotatable bonds is 2. The summed E-state index contributed by atoms with van der Waals surface area (Å²) in [6.07, 6.45) is 0. The highest BCUT2D eigenvalue weighted by molar-refractivity contribution is 6.03. The normalized spacial score (nSPS) is 10.4. The molecule has 0 saturated heterocycles. The molecule has 1 aromatic carbocycles. The Morgan fingerprint density at radius 2 is 2.17 bits per heavy atom. The predicted molar refractivity (Wildman–Crippen MR) is 62.0 cm³/mol. The van der Waals surface area contributed by atoms with Crippen molar-refractivity contribution in [1.29, 1.82) is 0 Å². The van der Waals surface area contributed by atoms with E-state index < -0.39 is 11.7 Å². The zero-order valence-corrected chi connectivity index (χ0v) is 9.82. The number of oxazole rings is 1. The van der Waals surface area contributed by atoms with Gasteiger partial charge in [-0.15, -0.1) is 0 Å². The number of aromatic nitrogens is 1. The van der Waals surface area contributed by atoms with E-state index in [1.807, 2.05) is 0 Å². The molecule has 0 radical (unpaired) electrons. The molecule has 2 rings (SSSR count). The van der Waals surface area contributed by atoms with Crippen molar-refractivity contribution in [3.8, 4) is 5.75 Å². The molecule has 1 heterocycles. The lowest BCUT2D eigenvalue weighted by molar-refractivity contribution is 0.0994. The standard InChI is InChI=1S/C12H11FN2O3/c1-6-11(18-7(2)14-6)12(17)15-10-4-3-8(16)5-9(10)13/h3-5,16H,1-2H3,(H,15,17). The second-order valence-electron chi connectivity index (χ2n) is 3.77. The van der Waals surface area contributed by atoms with Gasteiger partial charge in [-0.2, -0.15) is 0 Å². The second kappa shape index (κ2) is 4.48. The molecule has 18 heavy (non-hydrogen) atoms. The maximum atomic E-state index is 13.4. The smallest absolute Gasteiger partial charge is 0.293 e. The Balaban J connectivity index is 2.24. The number of benzene rings is 1. The van der Waals surface area contributed by atoms with Crippen LogP contribution in [0, 0.1) is 19.7 Å². The van der Waals surface area contributed by atoms with Crippen LogP contribution in [0.15, 0.2) is 22.6 Å². The number of amides is 1. The first-order valence-corrected chi connectivity index (χ1v) is 5.21. The van der Waals surface area contributed by atoms with Crippen LogP contribution in [0.5, 0.6) is 5.75 Å². The first-order chi connectivity index (χ1) is 8.47. The first kappa shape index (κ1) is 12.1. The van der Waals surface area contributed by atoms with E-state index in [9.17, 15) is 9.18 Å². The predicted octanol–water partition coefficient (Wildman–Crippen LogP) is 2.39. The third-order valence-corrected chi connectivity index (χ3v) is 2.31. The zero-order valence-electron chi connectivity index (χ0n) is 9.82. The summed E-state index contributed by atoms with van der Waals surface area (Å²) in [7, 11) is 0. The third kappa shape index (κ3) is 2.32. The molecular weight excluding hydrogens is 239 g/mol. The van der Waals surface area contributed by atoms with Crippen molar-refractivity contribution in [2.45, 2.75) is 13.8 Å². The Morgan fingerprint density at radius 1 is 1.44 bits per heavy atom. The van der Waals surface area contributed by atoms with Crippen molar-refractivity contribution in [3.63, 3.8) is 0 Å². The van der Waals surface area contributed by atoms with E-state index in [0.717, 1.165) is 6.07 Å². The number of hydrogen-bond donors (Lipinski definition) is 2. The molecule has 94 valence electrons. The van der Waals surface area contributed by atoms with Crippen molar-refractivity contribution in [1.82, 2.24) is 4.98 Å². The number of hydrogen-bond acceptors (Lipinski definition) is 4. The van der Waals surface area contributed by atoms with Crippen molar-refractivity contribution in [3.05, 3.63) is 41.4 Å². The summed E-state index contributed by atoms with van der Waals surface area (Å²) in [4.78, 5) is 15.8. The number of anilines is 1.